The molecule has 1 heterocycles. The topological polar surface area (TPSA) is 88.5 Å². The third kappa shape index (κ3) is 6.36. The van der Waals surface area contributed by atoms with Gasteiger partial charge in [-0.2, -0.15) is 11.8 Å². The second kappa shape index (κ2) is 8.93. The fourth-order valence-electron chi connectivity index (χ4n) is 1.33. The standard InChI is InChI=1S/C12H18N2O4S2/c1-8-14-9(7-20-8)6-19-4-3-11(16)13-5-10(15)12(17)18-2/h7,10,15H,3-6H2,1-2H3,(H,13,16). The first-order valence-corrected chi connectivity index (χ1v) is 8.07. The molecule has 1 amide bonds. The van der Waals surface area contributed by atoms with E-state index in [0.29, 0.717) is 12.2 Å². The van der Waals surface area contributed by atoms with Crippen molar-refractivity contribution in [1.82, 2.24) is 10.3 Å². The number of thioether (sulfide) groups is 1. The van der Waals surface area contributed by atoms with Crippen LogP contribution < -0.4 is 5.32 Å². The summed E-state index contributed by atoms with van der Waals surface area (Å²) < 4.78 is 4.34. The second-order valence-electron chi connectivity index (χ2n) is 4.00. The number of esters is 1. The number of nitrogens with zero attached hydrogens (tertiary/aromatic N) is 1. The molecule has 0 spiro atoms. The van der Waals surface area contributed by atoms with Crippen LogP contribution in [-0.4, -0.2) is 47.5 Å². The van der Waals surface area contributed by atoms with Crippen molar-refractivity contribution in [3.05, 3.63) is 16.1 Å². The maximum atomic E-state index is 11.5. The minimum absolute atomic E-state index is 0.124. The molecule has 6 nitrogen and oxygen atoms in total. The molecule has 0 aliphatic heterocycles. The highest BCUT2D eigenvalue weighted by Gasteiger charge is 2.15. The minimum atomic E-state index is -1.31. The highest BCUT2D eigenvalue weighted by molar-refractivity contribution is 7.98. The van der Waals surface area contributed by atoms with Gasteiger partial charge in [-0.25, -0.2) is 9.78 Å². The lowest BCUT2D eigenvalue weighted by Gasteiger charge is -2.09. The lowest BCUT2D eigenvalue weighted by molar-refractivity contribution is -0.150. The van der Waals surface area contributed by atoms with Gasteiger partial charge in [0.15, 0.2) is 6.10 Å². The van der Waals surface area contributed by atoms with Crippen molar-refractivity contribution in [2.45, 2.75) is 25.2 Å². The van der Waals surface area contributed by atoms with Crippen molar-refractivity contribution >= 4 is 35.0 Å². The van der Waals surface area contributed by atoms with Crippen LogP contribution >= 0.6 is 23.1 Å². The molecule has 1 unspecified atom stereocenters. The van der Waals surface area contributed by atoms with Gasteiger partial charge in [0.25, 0.3) is 0 Å². The fourth-order valence-corrected chi connectivity index (χ4v) is 2.88. The Labute approximate surface area is 125 Å². The number of hydrogen-bond acceptors (Lipinski definition) is 7. The summed E-state index contributed by atoms with van der Waals surface area (Å²) in [6.07, 6.45) is -0.976. The smallest absolute Gasteiger partial charge is 0.336 e. The molecular weight excluding hydrogens is 300 g/mol. The zero-order valence-electron chi connectivity index (χ0n) is 11.4. The van der Waals surface area contributed by atoms with Gasteiger partial charge in [0, 0.05) is 23.3 Å². The molecule has 0 bridgehead atoms. The van der Waals surface area contributed by atoms with E-state index < -0.39 is 12.1 Å². The molecule has 20 heavy (non-hydrogen) atoms. The summed E-state index contributed by atoms with van der Waals surface area (Å²) in [4.78, 5) is 26.7. The molecule has 0 aromatic carbocycles. The third-order valence-corrected chi connectivity index (χ3v) is 4.17. The van der Waals surface area contributed by atoms with Crippen LogP contribution in [0.1, 0.15) is 17.1 Å². The number of thiazole rings is 1. The molecule has 0 aliphatic rings. The Morgan fingerprint density at radius 3 is 2.95 bits per heavy atom. The van der Waals surface area contributed by atoms with Crippen LogP contribution in [0.5, 0.6) is 0 Å². The number of carbonyl (C=O) groups excluding carboxylic acids is 2. The van der Waals surface area contributed by atoms with Gasteiger partial charge in [-0.1, -0.05) is 0 Å². The van der Waals surface area contributed by atoms with Crippen molar-refractivity contribution in [3.63, 3.8) is 0 Å². The van der Waals surface area contributed by atoms with E-state index >= 15 is 0 Å². The number of hydrogen-bond donors (Lipinski definition) is 2. The van der Waals surface area contributed by atoms with Gasteiger partial charge in [0.1, 0.15) is 0 Å². The molecule has 0 saturated heterocycles. The zero-order valence-corrected chi connectivity index (χ0v) is 13.1. The van der Waals surface area contributed by atoms with Crippen LogP contribution in [0.3, 0.4) is 0 Å². The van der Waals surface area contributed by atoms with Gasteiger partial charge < -0.3 is 15.2 Å². The van der Waals surface area contributed by atoms with E-state index in [1.807, 2.05) is 12.3 Å². The molecule has 1 rings (SSSR count). The number of aromatic nitrogens is 1. The molecule has 112 valence electrons. The highest BCUT2D eigenvalue weighted by Crippen LogP contribution is 2.15. The van der Waals surface area contributed by atoms with Crippen molar-refractivity contribution < 1.29 is 19.4 Å². The minimum Gasteiger partial charge on any atom is -0.467 e. The van der Waals surface area contributed by atoms with Gasteiger partial charge in [0.2, 0.25) is 5.91 Å². The fraction of sp³-hybridized carbons (Fsp3) is 0.583. The van der Waals surface area contributed by atoms with E-state index in [-0.39, 0.29) is 12.5 Å². The first kappa shape index (κ1) is 16.9. The number of amides is 1. The number of methoxy groups -OCH3 is 1. The largest absolute Gasteiger partial charge is 0.467 e. The summed E-state index contributed by atoms with van der Waals surface area (Å²) >= 11 is 3.23. The maximum absolute atomic E-state index is 11.5. The van der Waals surface area contributed by atoms with E-state index in [1.165, 1.54) is 7.11 Å². The molecule has 1 aromatic heterocycles. The third-order valence-electron chi connectivity index (χ3n) is 2.36. The number of aliphatic hydroxyl groups excluding tert-OH is 1. The first-order valence-electron chi connectivity index (χ1n) is 6.04. The van der Waals surface area contributed by atoms with E-state index in [1.54, 1.807) is 23.1 Å². The van der Waals surface area contributed by atoms with Crippen LogP contribution in [0.4, 0.5) is 0 Å². The SMILES string of the molecule is COC(=O)C(O)CNC(=O)CCSCc1csc(C)n1. The van der Waals surface area contributed by atoms with Crippen LogP contribution in [0.2, 0.25) is 0 Å². The highest BCUT2D eigenvalue weighted by atomic mass is 32.2. The van der Waals surface area contributed by atoms with Crippen molar-refractivity contribution in [3.8, 4) is 0 Å². The second-order valence-corrected chi connectivity index (χ2v) is 6.17. The van der Waals surface area contributed by atoms with Crippen LogP contribution in [-0.2, 0) is 20.1 Å². The zero-order chi connectivity index (χ0) is 15.0. The summed E-state index contributed by atoms with van der Waals surface area (Å²) in [6.45, 7) is 1.83. The lowest BCUT2D eigenvalue weighted by Crippen LogP contribution is -2.37. The van der Waals surface area contributed by atoms with Gasteiger partial charge in [0.05, 0.1) is 24.4 Å². The van der Waals surface area contributed by atoms with Gasteiger partial charge in [-0.05, 0) is 6.92 Å². The normalized spacial score (nSPS) is 11.9. The molecule has 0 saturated carbocycles. The van der Waals surface area contributed by atoms with E-state index in [2.05, 4.69) is 15.0 Å². The van der Waals surface area contributed by atoms with E-state index in [0.717, 1.165) is 16.5 Å². The van der Waals surface area contributed by atoms with Gasteiger partial charge in [-0.15, -0.1) is 11.3 Å². The number of carbonyl (C=O) groups is 2. The predicted octanol–water partition coefficient (Wildman–Crippen LogP) is 0.725. The predicted molar refractivity (Wildman–Crippen MR) is 78.7 cm³/mol. The molecule has 0 fully saturated rings. The first-order chi connectivity index (χ1) is 9.52. The summed E-state index contributed by atoms with van der Waals surface area (Å²) in [5.74, 6) is 0.493. The molecule has 1 aromatic rings. The number of ether oxygens (including phenoxy) is 1. The molecular formula is C12H18N2O4S2. The van der Waals surface area contributed by atoms with Crippen LogP contribution in [0.25, 0.3) is 0 Å². The Kier molecular flexibility index (Phi) is 7.56. The van der Waals surface area contributed by atoms with Crippen molar-refractivity contribution in [2.24, 2.45) is 0 Å². The van der Waals surface area contributed by atoms with Crippen molar-refractivity contribution in [1.29, 1.82) is 0 Å². The summed E-state index contributed by atoms with van der Waals surface area (Å²) in [5.41, 5.74) is 1.03. The molecule has 0 radical (unpaired) electrons. The van der Waals surface area contributed by atoms with E-state index in [9.17, 15) is 14.7 Å². The van der Waals surface area contributed by atoms with Gasteiger partial charge in [-0.3, -0.25) is 4.79 Å². The Morgan fingerprint density at radius 1 is 1.60 bits per heavy atom. The summed E-state index contributed by atoms with van der Waals surface area (Å²) in [6, 6.07) is 0. The molecule has 8 heteroatoms. The summed E-state index contributed by atoms with van der Waals surface area (Å²) in [7, 11) is 1.18. The number of rotatable bonds is 8. The van der Waals surface area contributed by atoms with Crippen LogP contribution in [0, 0.1) is 6.92 Å². The summed E-state index contributed by atoms with van der Waals surface area (Å²) in [5, 5.41) is 14.8. The van der Waals surface area contributed by atoms with E-state index in [4.69, 9.17) is 0 Å². The lowest BCUT2D eigenvalue weighted by atomic mass is 10.3. The molecule has 1 atom stereocenters. The maximum Gasteiger partial charge on any atom is 0.336 e. The number of aryl methyl sites for hydroxylation is 1. The Balaban J connectivity index is 2.09. The van der Waals surface area contributed by atoms with Crippen molar-refractivity contribution in [2.75, 3.05) is 19.4 Å². The number of aliphatic hydroxyl groups is 1. The average Bonchev–Trinajstić information content (AvgIpc) is 2.85. The Bertz CT molecular complexity index is 450. The Hall–Kier alpha value is -1.12. The number of nitrogens with one attached hydrogen (secondary N) is 1. The Morgan fingerprint density at radius 2 is 2.35 bits per heavy atom. The quantitative estimate of drug-likeness (QED) is 0.542. The molecule has 0 aliphatic carbocycles. The van der Waals surface area contributed by atoms with Crippen LogP contribution in [0.15, 0.2) is 5.38 Å². The molecule has 2 N–H and O–H groups in total. The average molecular weight is 318 g/mol. The monoisotopic (exact) mass is 318 g/mol. The van der Waals surface area contributed by atoms with Gasteiger partial charge >= 0.3 is 5.97 Å².